The smallest absolute Gasteiger partial charge is 0.242 e. The zero-order valence-corrected chi connectivity index (χ0v) is 18.6. The van der Waals surface area contributed by atoms with Crippen LogP contribution in [-0.4, -0.2) is 70.7 Å². The summed E-state index contributed by atoms with van der Waals surface area (Å²) in [5.74, 6) is -1.07. The van der Waals surface area contributed by atoms with Crippen LogP contribution in [0.15, 0.2) is 30.3 Å². The lowest BCUT2D eigenvalue weighted by molar-refractivity contribution is -0.132. The monoisotopic (exact) mass is 460 g/mol. The molecule has 0 aromatic heterocycles. The van der Waals surface area contributed by atoms with Gasteiger partial charge in [-0.25, -0.2) is 26.3 Å². The summed E-state index contributed by atoms with van der Waals surface area (Å²) in [7, 11) is -7.28. The van der Waals surface area contributed by atoms with Crippen molar-refractivity contribution in [2.75, 3.05) is 25.9 Å². The van der Waals surface area contributed by atoms with Gasteiger partial charge in [0.25, 0.3) is 0 Å². The number of hydrogen-bond donors (Lipinski definition) is 3. The van der Waals surface area contributed by atoms with Gasteiger partial charge in [-0.05, 0) is 25.3 Å². The average Bonchev–Trinajstić information content (AvgIpc) is 2.65. The van der Waals surface area contributed by atoms with Crippen LogP contribution >= 0.6 is 0 Å². The summed E-state index contributed by atoms with van der Waals surface area (Å²) in [6, 6.07) is 8.15. The Kier molecular flexibility index (Phi) is 8.35. The molecule has 10 nitrogen and oxygen atoms in total. The van der Waals surface area contributed by atoms with Gasteiger partial charge >= 0.3 is 0 Å². The molecule has 1 saturated heterocycles. The van der Waals surface area contributed by atoms with Crippen LogP contribution in [0.25, 0.3) is 0 Å². The van der Waals surface area contributed by atoms with E-state index in [1.54, 1.807) is 0 Å². The number of amides is 2. The van der Waals surface area contributed by atoms with E-state index in [2.05, 4.69) is 14.8 Å². The molecular formula is C18H28N4O6S2. The first-order valence-electron chi connectivity index (χ1n) is 9.56. The van der Waals surface area contributed by atoms with Gasteiger partial charge in [0.2, 0.25) is 31.9 Å². The van der Waals surface area contributed by atoms with Crippen molar-refractivity contribution < 1.29 is 26.4 Å². The second-order valence-corrected chi connectivity index (χ2v) is 10.9. The Morgan fingerprint density at radius 1 is 1.27 bits per heavy atom. The molecule has 0 bridgehead atoms. The van der Waals surface area contributed by atoms with Crippen molar-refractivity contribution >= 4 is 31.9 Å². The maximum atomic E-state index is 13.0. The molecule has 1 heterocycles. The van der Waals surface area contributed by atoms with E-state index in [4.69, 9.17) is 0 Å². The number of carbonyl (C=O) groups excluding carboxylic acids is 2. The molecule has 2 rings (SSSR count). The summed E-state index contributed by atoms with van der Waals surface area (Å²) >= 11 is 0. The van der Waals surface area contributed by atoms with Crippen molar-refractivity contribution in [1.82, 2.24) is 19.7 Å². The van der Waals surface area contributed by atoms with Gasteiger partial charge in [0.05, 0.1) is 12.3 Å². The molecule has 1 aromatic carbocycles. The fourth-order valence-corrected chi connectivity index (χ4v) is 5.40. The number of sulfonamides is 2. The molecule has 2 amide bonds. The lowest BCUT2D eigenvalue weighted by Gasteiger charge is -2.29. The Bertz CT molecular complexity index is 950. The molecule has 1 aliphatic rings. The molecule has 0 spiro atoms. The summed E-state index contributed by atoms with van der Waals surface area (Å²) in [6.07, 6.45) is 1.76. The third kappa shape index (κ3) is 7.35. The summed E-state index contributed by atoms with van der Waals surface area (Å²) in [4.78, 5) is 26.5. The normalized spacial score (nSPS) is 19.6. The van der Waals surface area contributed by atoms with Gasteiger partial charge in [-0.1, -0.05) is 30.3 Å². The number of nitrogens with zero attached hydrogens (tertiary/aromatic N) is 1. The number of carbonyl (C=O) groups is 2. The zero-order chi connectivity index (χ0) is 22.4. The van der Waals surface area contributed by atoms with Crippen molar-refractivity contribution in [3.8, 4) is 0 Å². The largest absolute Gasteiger partial charge is 0.353 e. The number of rotatable bonds is 9. The fraction of sp³-hybridized carbons (Fsp3) is 0.556. The number of nitrogens with one attached hydrogen (secondary N) is 3. The van der Waals surface area contributed by atoms with E-state index in [0.29, 0.717) is 13.0 Å². The fourth-order valence-electron chi connectivity index (χ4n) is 3.13. The van der Waals surface area contributed by atoms with E-state index in [9.17, 15) is 26.4 Å². The minimum absolute atomic E-state index is 0.0490. The molecule has 30 heavy (non-hydrogen) atoms. The van der Waals surface area contributed by atoms with Crippen LogP contribution in [0.5, 0.6) is 0 Å². The molecule has 3 N–H and O–H groups in total. The van der Waals surface area contributed by atoms with Crippen molar-refractivity contribution in [2.24, 2.45) is 0 Å². The van der Waals surface area contributed by atoms with E-state index in [-0.39, 0.29) is 26.1 Å². The van der Waals surface area contributed by atoms with Gasteiger partial charge in [-0.15, -0.1) is 0 Å². The van der Waals surface area contributed by atoms with Gasteiger partial charge in [-0.2, -0.15) is 0 Å². The molecule has 0 saturated carbocycles. The summed E-state index contributed by atoms with van der Waals surface area (Å²) in [6.45, 7) is 2.04. The summed E-state index contributed by atoms with van der Waals surface area (Å²) in [5, 5.41) is 1.41. The molecule has 168 valence electrons. The van der Waals surface area contributed by atoms with Crippen LogP contribution in [0.3, 0.4) is 0 Å². The van der Waals surface area contributed by atoms with Gasteiger partial charge in [-0.3, -0.25) is 9.59 Å². The zero-order valence-electron chi connectivity index (χ0n) is 17.0. The first-order chi connectivity index (χ1) is 14.0. The maximum absolute atomic E-state index is 13.0. The highest BCUT2D eigenvalue weighted by atomic mass is 32.2. The van der Waals surface area contributed by atoms with E-state index < -0.39 is 43.2 Å². The van der Waals surface area contributed by atoms with Crippen molar-refractivity contribution in [3.05, 3.63) is 35.9 Å². The third-order valence-corrected chi connectivity index (χ3v) is 7.16. The lowest BCUT2D eigenvalue weighted by Crippen LogP contribution is -2.52. The van der Waals surface area contributed by atoms with E-state index in [1.165, 1.54) is 11.8 Å². The van der Waals surface area contributed by atoms with Crippen LogP contribution in [0.4, 0.5) is 0 Å². The number of benzene rings is 1. The minimum atomic E-state index is -3.74. The highest BCUT2D eigenvalue weighted by Gasteiger charge is 2.37. The summed E-state index contributed by atoms with van der Waals surface area (Å²) < 4.78 is 51.7. The Labute approximate surface area is 177 Å². The highest BCUT2D eigenvalue weighted by Crippen LogP contribution is 2.17. The van der Waals surface area contributed by atoms with Gasteiger partial charge in [0.15, 0.2) is 5.25 Å². The van der Waals surface area contributed by atoms with Crippen LogP contribution in [0, 0.1) is 0 Å². The first-order valence-corrected chi connectivity index (χ1v) is 13.0. The molecular weight excluding hydrogens is 432 g/mol. The predicted molar refractivity (Wildman–Crippen MR) is 112 cm³/mol. The molecule has 1 fully saturated rings. The molecule has 0 aliphatic carbocycles. The molecule has 2 atom stereocenters. The Morgan fingerprint density at radius 2 is 1.93 bits per heavy atom. The second-order valence-electron chi connectivity index (χ2n) is 7.22. The van der Waals surface area contributed by atoms with Crippen LogP contribution < -0.4 is 14.8 Å². The van der Waals surface area contributed by atoms with Gasteiger partial charge in [0, 0.05) is 26.2 Å². The van der Waals surface area contributed by atoms with Crippen molar-refractivity contribution in [1.29, 1.82) is 0 Å². The van der Waals surface area contributed by atoms with Crippen LogP contribution in [-0.2, 0) is 36.2 Å². The molecule has 1 aliphatic heterocycles. The average molecular weight is 461 g/mol. The highest BCUT2D eigenvalue weighted by molar-refractivity contribution is 7.91. The Hall–Kier alpha value is -2.02. The van der Waals surface area contributed by atoms with Gasteiger partial charge in [0.1, 0.15) is 0 Å². The first kappa shape index (κ1) is 24.3. The Balaban J connectivity index is 2.06. The Morgan fingerprint density at radius 3 is 2.53 bits per heavy atom. The second kappa shape index (κ2) is 10.3. The standard InChI is InChI=1S/C18H28N4O6S2/c1-14(21-29(2,25)26)17(23)19-11-12-22(13-15-7-4-3-5-8-15)18(24)16-9-6-10-20-30(16,27)28/h3-5,7-8,14,16,20-21H,6,9-13H2,1-2H3,(H,19,23). The van der Waals surface area contributed by atoms with Crippen molar-refractivity contribution in [3.63, 3.8) is 0 Å². The van der Waals surface area contributed by atoms with E-state index >= 15 is 0 Å². The van der Waals surface area contributed by atoms with E-state index in [0.717, 1.165) is 11.8 Å². The van der Waals surface area contributed by atoms with Crippen molar-refractivity contribution in [2.45, 2.75) is 37.6 Å². The topological polar surface area (TPSA) is 142 Å². The molecule has 2 unspecified atom stereocenters. The van der Waals surface area contributed by atoms with Gasteiger partial charge < -0.3 is 10.2 Å². The SMILES string of the molecule is CC(NS(C)(=O)=O)C(=O)NCCN(Cc1ccccc1)C(=O)C1CCCNS1(=O)=O. The summed E-state index contributed by atoms with van der Waals surface area (Å²) in [5.41, 5.74) is 0.824. The minimum Gasteiger partial charge on any atom is -0.353 e. The van der Waals surface area contributed by atoms with E-state index in [1.807, 2.05) is 30.3 Å². The van der Waals surface area contributed by atoms with Crippen LogP contribution in [0.2, 0.25) is 0 Å². The number of hydrogen-bond acceptors (Lipinski definition) is 6. The van der Waals surface area contributed by atoms with Crippen LogP contribution in [0.1, 0.15) is 25.3 Å². The molecule has 1 aromatic rings. The third-order valence-electron chi connectivity index (χ3n) is 4.59. The molecule has 12 heteroatoms. The maximum Gasteiger partial charge on any atom is 0.242 e. The predicted octanol–water partition coefficient (Wildman–Crippen LogP) is -0.849. The quantitative estimate of drug-likeness (QED) is 0.438. The lowest BCUT2D eigenvalue weighted by atomic mass is 10.1. The molecule has 0 radical (unpaired) electrons.